The molecule has 11 heavy (non-hydrogen) atoms. The van der Waals surface area contributed by atoms with Crippen LogP contribution in [0.4, 0.5) is 8.78 Å². The molecule has 1 aliphatic rings. The summed E-state index contributed by atoms with van der Waals surface area (Å²) in [5.74, 6) is 0. The maximum Gasteiger partial charge on any atom is 1.00 e. The average Bonchev–Trinajstić information content (AvgIpc) is 2.48. The molecule has 0 N–H and O–H groups in total. The Morgan fingerprint density at radius 3 is 1.64 bits per heavy atom. The van der Waals surface area contributed by atoms with Crippen molar-refractivity contribution in [2.75, 3.05) is 0 Å². The fraction of sp³-hybridized carbons (Fsp3) is 0.875. The van der Waals surface area contributed by atoms with Gasteiger partial charge in [-0.25, -0.2) is 0 Å². The van der Waals surface area contributed by atoms with Gasteiger partial charge in [0.25, 0.3) is 0 Å². The minimum Gasteiger partial charge on any atom is -0.422 e. The molecular weight excluding hydrogens is 173 g/mol. The van der Waals surface area contributed by atoms with E-state index in [-0.39, 0.29) is 51.4 Å². The van der Waals surface area contributed by atoms with Gasteiger partial charge in [-0.3, -0.25) is 0 Å². The summed E-state index contributed by atoms with van der Waals surface area (Å²) < 4.78 is 20.5. The molecule has 0 aromatic rings. The van der Waals surface area contributed by atoms with Crippen molar-refractivity contribution in [1.82, 2.24) is 0 Å². The quantitative estimate of drug-likeness (QED) is 0.418. The predicted octanol–water partition coefficient (Wildman–Crippen LogP) is 0.635. The van der Waals surface area contributed by atoms with Crippen molar-refractivity contribution < 1.29 is 60.2 Å². The Bertz CT molecular complexity index is 87.3. The third kappa shape index (κ3) is 11.5. The second-order valence-electron chi connectivity index (χ2n) is 3.11. The van der Waals surface area contributed by atoms with Gasteiger partial charge in [0.05, 0.1) is 0 Å². The zero-order valence-electron chi connectivity index (χ0n) is 7.88. The Labute approximate surface area is 111 Å². The first-order valence-electron chi connectivity index (χ1n) is 3.65. The van der Waals surface area contributed by atoms with Crippen molar-refractivity contribution in [3.8, 4) is 0 Å². The Morgan fingerprint density at radius 2 is 1.64 bits per heavy atom. The van der Waals surface area contributed by atoms with Crippen LogP contribution in [0.2, 0.25) is 0 Å². The van der Waals surface area contributed by atoms with Crippen LogP contribution in [0.1, 0.15) is 40.0 Å². The summed E-state index contributed by atoms with van der Waals surface area (Å²) in [6.07, 6.45) is 2.75. The summed E-state index contributed by atoms with van der Waals surface area (Å²) in [5, 5.41) is 0. The van der Waals surface area contributed by atoms with Gasteiger partial charge in [0, 0.05) is 0 Å². The largest absolute Gasteiger partial charge is 1.00 e. The molecule has 0 heterocycles. The number of hydrogen-bond acceptors (Lipinski definition) is 0. The molecule has 0 aromatic carbocycles. The Hall–Kier alpha value is 1.50. The molecule has 0 atom stereocenters. The van der Waals surface area contributed by atoms with Crippen LogP contribution in [-0.2, 0) is 0 Å². The monoisotopic (exact) mass is 188 g/mol. The van der Waals surface area contributed by atoms with E-state index in [4.69, 9.17) is 0 Å². The fourth-order valence-electron chi connectivity index (χ4n) is 0.567. The molecule has 0 radical (unpaired) electrons. The first-order valence-corrected chi connectivity index (χ1v) is 3.65. The third-order valence-electron chi connectivity index (χ3n) is 1.96. The van der Waals surface area contributed by atoms with Crippen LogP contribution in [0.25, 0.3) is 0 Å². The molecular formula is C8H15F2K. The molecule has 0 bridgehead atoms. The van der Waals surface area contributed by atoms with Crippen molar-refractivity contribution in [2.24, 2.45) is 5.41 Å². The van der Waals surface area contributed by atoms with Crippen LogP contribution in [0.15, 0.2) is 0 Å². The van der Waals surface area contributed by atoms with E-state index in [1.807, 2.05) is 0 Å². The van der Waals surface area contributed by atoms with Crippen LogP contribution >= 0.6 is 0 Å². The normalized spacial score (nSPS) is 18.0. The van der Waals surface area contributed by atoms with E-state index >= 15 is 0 Å². The molecule has 62 valence electrons. The van der Waals surface area contributed by atoms with E-state index in [1.165, 1.54) is 19.3 Å². The van der Waals surface area contributed by atoms with Crippen LogP contribution < -0.4 is 51.4 Å². The molecule has 0 nitrogen and oxygen atoms in total. The maximum atomic E-state index is 10.2. The Balaban J connectivity index is 0. The summed E-state index contributed by atoms with van der Waals surface area (Å²) in [6, 6.07) is 0. The van der Waals surface area contributed by atoms with E-state index < -0.39 is 6.43 Å². The summed E-state index contributed by atoms with van der Waals surface area (Å²) in [6.45, 7) is 5.38. The molecule has 0 saturated heterocycles. The number of rotatable bonds is 1. The molecule has 0 amide bonds. The zero-order valence-corrected chi connectivity index (χ0v) is 11.0. The van der Waals surface area contributed by atoms with Crippen molar-refractivity contribution in [3.05, 3.63) is 6.43 Å². The van der Waals surface area contributed by atoms with Gasteiger partial charge in [-0.15, -0.1) is 6.92 Å². The smallest absolute Gasteiger partial charge is 0.422 e. The first kappa shape index (κ1) is 15.0. The van der Waals surface area contributed by atoms with E-state index in [0.717, 1.165) is 12.3 Å². The minimum absolute atomic E-state index is 0. The van der Waals surface area contributed by atoms with Crippen molar-refractivity contribution >= 4 is 0 Å². The van der Waals surface area contributed by atoms with Crippen molar-refractivity contribution in [3.63, 3.8) is 0 Å². The van der Waals surface area contributed by atoms with Gasteiger partial charge < -0.3 is 8.78 Å². The summed E-state index contributed by atoms with van der Waals surface area (Å²) in [7, 11) is 0. The van der Waals surface area contributed by atoms with E-state index in [1.54, 1.807) is 0 Å². The van der Waals surface area contributed by atoms with E-state index in [0.29, 0.717) is 0 Å². The molecule has 0 spiro atoms. The second-order valence-corrected chi connectivity index (χ2v) is 3.11. The minimum atomic E-state index is -1.58. The van der Waals surface area contributed by atoms with Gasteiger partial charge in [-0.1, -0.05) is 20.3 Å². The third-order valence-corrected chi connectivity index (χ3v) is 1.96. The van der Waals surface area contributed by atoms with E-state index in [9.17, 15) is 8.78 Å². The molecule has 0 aliphatic heterocycles. The average molecular weight is 188 g/mol. The first-order chi connectivity index (χ1) is 4.50. The van der Waals surface area contributed by atoms with Crippen LogP contribution in [0.3, 0.4) is 0 Å². The summed E-state index contributed by atoms with van der Waals surface area (Å²) in [4.78, 5) is 0. The van der Waals surface area contributed by atoms with Gasteiger partial charge >= 0.3 is 51.4 Å². The topological polar surface area (TPSA) is 0 Å². The Morgan fingerprint density at radius 1 is 1.36 bits per heavy atom. The van der Waals surface area contributed by atoms with Crippen molar-refractivity contribution in [1.29, 1.82) is 0 Å². The molecule has 1 fully saturated rings. The molecule has 0 unspecified atom stereocenters. The maximum absolute atomic E-state index is 10.2. The SMILES string of the molecule is CCC1(C)CC1.C[C-](F)F.[K+]. The number of halogens is 2. The molecule has 1 rings (SSSR count). The van der Waals surface area contributed by atoms with Crippen molar-refractivity contribution in [2.45, 2.75) is 40.0 Å². The van der Waals surface area contributed by atoms with Gasteiger partial charge in [-0.2, -0.15) is 0 Å². The Kier molecular flexibility index (Phi) is 9.48. The molecule has 0 aromatic heterocycles. The second kappa shape index (κ2) is 6.95. The van der Waals surface area contributed by atoms with Crippen LogP contribution in [-0.4, -0.2) is 0 Å². The molecule has 1 saturated carbocycles. The van der Waals surface area contributed by atoms with Gasteiger partial charge in [0.15, 0.2) is 0 Å². The fourth-order valence-corrected chi connectivity index (χ4v) is 0.567. The predicted molar refractivity (Wildman–Crippen MR) is 38.8 cm³/mol. The van der Waals surface area contributed by atoms with Crippen LogP contribution in [0, 0.1) is 11.8 Å². The zero-order chi connectivity index (χ0) is 8.20. The summed E-state index contributed by atoms with van der Waals surface area (Å²) in [5.41, 5.74) is 0.792. The summed E-state index contributed by atoms with van der Waals surface area (Å²) >= 11 is 0. The van der Waals surface area contributed by atoms with Gasteiger partial charge in [0.1, 0.15) is 0 Å². The van der Waals surface area contributed by atoms with Crippen LogP contribution in [0.5, 0.6) is 0 Å². The molecule has 3 heteroatoms. The standard InChI is InChI=1S/C6H12.C2H3F2.K/c1-3-6(2)4-5-6;1-2(3)4;/h3-5H2,1-2H3;1H3;/q;-1;+1. The van der Waals surface area contributed by atoms with E-state index in [2.05, 4.69) is 13.8 Å². The number of hydrogen-bond donors (Lipinski definition) is 0. The molecule has 1 aliphatic carbocycles. The van der Waals surface area contributed by atoms with Gasteiger partial charge in [-0.05, 0) is 24.7 Å². The van der Waals surface area contributed by atoms with Gasteiger partial charge in [0.2, 0.25) is 0 Å².